The highest BCUT2D eigenvalue weighted by molar-refractivity contribution is 9.10. The monoisotopic (exact) mass is 692 g/mol. The van der Waals surface area contributed by atoms with Crippen LogP contribution in [-0.2, 0) is 0 Å². The van der Waals surface area contributed by atoms with Crippen molar-refractivity contribution < 1.29 is 19.2 Å². The second-order valence-corrected chi connectivity index (χ2v) is 14.7. The topological polar surface area (TPSA) is 74.8 Å². The highest BCUT2D eigenvalue weighted by atomic mass is 79.9. The maximum atomic E-state index is 14.0. The van der Waals surface area contributed by atoms with Crippen LogP contribution in [0.3, 0.4) is 0 Å². The Morgan fingerprint density at radius 1 is 0.574 bits per heavy atom. The van der Waals surface area contributed by atoms with Gasteiger partial charge in [0.25, 0.3) is 23.6 Å². The van der Waals surface area contributed by atoms with Crippen molar-refractivity contribution in [2.24, 2.45) is 11.8 Å². The Balaban J connectivity index is 1.33. The van der Waals surface area contributed by atoms with E-state index in [1.165, 1.54) is 22.6 Å². The first-order valence-electron chi connectivity index (χ1n) is 17.3. The lowest BCUT2D eigenvalue weighted by atomic mass is 9.82. The second-order valence-electron chi connectivity index (χ2n) is 13.9. The molecule has 2 aliphatic rings. The first kappa shape index (κ1) is 31.7. The van der Waals surface area contributed by atoms with Gasteiger partial charge in [0.15, 0.2) is 0 Å². The molecule has 0 aliphatic carbocycles. The highest BCUT2D eigenvalue weighted by Gasteiger charge is 2.37. The third-order valence-electron chi connectivity index (χ3n) is 10.5. The summed E-state index contributed by atoms with van der Waals surface area (Å²) in [6.07, 6.45) is 8.16. The number of hydrogen-bond donors (Lipinski definition) is 0. The van der Waals surface area contributed by atoms with Crippen LogP contribution in [-0.4, -0.2) is 46.5 Å². The van der Waals surface area contributed by atoms with E-state index in [1.54, 1.807) is 0 Å². The smallest absolute Gasteiger partial charge is 0.261 e. The van der Waals surface area contributed by atoms with Gasteiger partial charge in [-0.1, -0.05) is 93.9 Å². The van der Waals surface area contributed by atoms with Gasteiger partial charge in [-0.25, -0.2) is 0 Å². The van der Waals surface area contributed by atoms with Crippen LogP contribution in [0.4, 0.5) is 0 Å². The minimum Gasteiger partial charge on any atom is -0.274 e. The van der Waals surface area contributed by atoms with E-state index in [4.69, 9.17) is 0 Å². The van der Waals surface area contributed by atoms with Crippen LogP contribution in [0, 0.1) is 11.8 Å². The molecule has 1 unspecified atom stereocenters. The average Bonchev–Trinajstić information content (AvgIpc) is 3.06. The van der Waals surface area contributed by atoms with Crippen LogP contribution in [0.2, 0.25) is 0 Å². The molecule has 7 rings (SSSR count). The lowest BCUT2D eigenvalue weighted by Gasteiger charge is -2.30. The van der Waals surface area contributed by atoms with Crippen molar-refractivity contribution in [2.45, 2.75) is 79.1 Å². The van der Waals surface area contributed by atoms with Gasteiger partial charge in [-0.05, 0) is 76.9 Å². The van der Waals surface area contributed by atoms with E-state index >= 15 is 0 Å². The number of halogens is 1. The Morgan fingerprint density at radius 2 is 1.11 bits per heavy atom. The summed E-state index contributed by atoms with van der Waals surface area (Å²) < 4.78 is 0.751. The maximum absolute atomic E-state index is 14.0. The quantitative estimate of drug-likeness (QED) is 0.0564. The number of unbranched alkanes of at least 4 members (excludes halogenated alkanes) is 1. The van der Waals surface area contributed by atoms with Crippen LogP contribution in [0.15, 0.2) is 46.9 Å². The molecule has 6 nitrogen and oxygen atoms in total. The van der Waals surface area contributed by atoms with Gasteiger partial charge < -0.3 is 0 Å². The Bertz CT molecular complexity index is 2090. The fourth-order valence-electron chi connectivity index (χ4n) is 8.15. The molecule has 0 spiro atoms. The molecule has 7 heteroatoms. The van der Waals surface area contributed by atoms with Gasteiger partial charge in [-0.3, -0.25) is 29.0 Å². The minimum atomic E-state index is -0.253. The van der Waals surface area contributed by atoms with Crippen molar-refractivity contribution in [3.05, 3.63) is 69.2 Å². The number of nitrogens with zero attached hydrogens (tertiary/aromatic N) is 2. The van der Waals surface area contributed by atoms with Gasteiger partial charge in [0.1, 0.15) is 0 Å². The molecule has 4 amide bonds. The summed E-state index contributed by atoms with van der Waals surface area (Å²) in [7, 11) is 0. The molecule has 2 heterocycles. The number of carbonyl (C=O) groups is 4. The zero-order valence-electron chi connectivity index (χ0n) is 27.7. The lowest BCUT2D eigenvalue weighted by molar-refractivity contribution is 0.0591. The molecule has 0 saturated carbocycles. The summed E-state index contributed by atoms with van der Waals surface area (Å²) in [5.41, 5.74) is 2.15. The largest absolute Gasteiger partial charge is 0.274 e. The molecule has 0 N–H and O–H groups in total. The summed E-state index contributed by atoms with van der Waals surface area (Å²) in [5, 5.41) is 6.65. The zero-order valence-corrected chi connectivity index (χ0v) is 29.3. The molecule has 0 fully saturated rings. The Hall–Kier alpha value is -3.84. The predicted octanol–water partition coefficient (Wildman–Crippen LogP) is 10.1. The molecule has 5 aromatic rings. The first-order valence-corrected chi connectivity index (χ1v) is 18.1. The maximum Gasteiger partial charge on any atom is 0.261 e. The molecule has 0 bridgehead atoms. The van der Waals surface area contributed by atoms with E-state index in [-0.39, 0.29) is 23.6 Å². The molecular formula is C40H41BrN2O4. The molecular weight excluding hydrogens is 652 g/mol. The van der Waals surface area contributed by atoms with Gasteiger partial charge in [-0.2, -0.15) is 0 Å². The fourth-order valence-corrected chi connectivity index (χ4v) is 8.79. The fraction of sp³-hybridized carbons (Fsp3) is 0.400. The first-order chi connectivity index (χ1) is 22.7. The van der Waals surface area contributed by atoms with E-state index < -0.39 is 0 Å². The Kier molecular flexibility index (Phi) is 8.32. The van der Waals surface area contributed by atoms with Crippen LogP contribution in [0.5, 0.6) is 0 Å². The minimum absolute atomic E-state index is 0.243. The molecule has 1 atom stereocenters. The van der Waals surface area contributed by atoms with Crippen molar-refractivity contribution in [3.8, 4) is 0 Å². The third kappa shape index (κ3) is 4.95. The number of imide groups is 2. The van der Waals surface area contributed by atoms with Crippen molar-refractivity contribution in [2.75, 3.05) is 13.1 Å². The summed E-state index contributed by atoms with van der Waals surface area (Å²) in [4.78, 5) is 58.2. The standard InChI is InChI=1S/C40H41BrN2O4/c1-5-10-23(6-2)12-7-8-19-42-39(46)29-17-14-25-24-13-16-27-33-28(38(45)43(37(27)44)20-9-11-22(3)4)18-15-26(32(24)33)35-31(41)21-30(40(42)47)34(29)36(25)35/h13-18,21-23H,5-12,19-20H2,1-4H3. The van der Waals surface area contributed by atoms with Crippen molar-refractivity contribution >= 4 is 82.6 Å². The third-order valence-corrected chi connectivity index (χ3v) is 11.2. The van der Waals surface area contributed by atoms with Gasteiger partial charge in [0.2, 0.25) is 0 Å². The second kappa shape index (κ2) is 12.3. The summed E-state index contributed by atoms with van der Waals surface area (Å²) in [5.74, 6) is 0.187. The molecule has 0 saturated heterocycles. The van der Waals surface area contributed by atoms with E-state index in [9.17, 15) is 19.2 Å². The van der Waals surface area contributed by atoms with Crippen molar-refractivity contribution in [3.63, 3.8) is 0 Å². The molecule has 0 radical (unpaired) electrons. The summed E-state index contributed by atoms with van der Waals surface area (Å²) >= 11 is 3.81. The molecule has 5 aromatic carbocycles. The normalized spacial score (nSPS) is 15.5. The number of fused-ring (bicyclic) bond motifs is 2. The number of hydrogen-bond acceptors (Lipinski definition) is 4. The van der Waals surface area contributed by atoms with Crippen LogP contribution in [0.1, 0.15) is 120 Å². The Labute approximate surface area is 283 Å². The summed E-state index contributed by atoms with van der Waals surface area (Å²) in [6, 6.07) is 13.3. The summed E-state index contributed by atoms with van der Waals surface area (Å²) in [6.45, 7) is 9.54. The van der Waals surface area contributed by atoms with Gasteiger partial charge >= 0.3 is 0 Å². The van der Waals surface area contributed by atoms with Gasteiger partial charge in [0, 0.05) is 61.4 Å². The van der Waals surface area contributed by atoms with Crippen LogP contribution >= 0.6 is 15.9 Å². The molecule has 242 valence electrons. The van der Waals surface area contributed by atoms with Gasteiger partial charge in [-0.15, -0.1) is 0 Å². The number of rotatable bonds is 12. The van der Waals surface area contributed by atoms with Crippen LogP contribution in [0.25, 0.3) is 43.1 Å². The molecule has 0 aromatic heterocycles. The SMILES string of the molecule is CCCC(CC)CCCCN1C(=O)c2ccc3c4ccc5c6c(ccc(c7c(Br)cc(c2c37)C1=O)c64)C(=O)N(CCCC(C)C)C5=O. The number of benzene rings is 5. The number of carbonyl (C=O) groups excluding carboxylic acids is 4. The van der Waals surface area contributed by atoms with Crippen molar-refractivity contribution in [1.82, 2.24) is 9.80 Å². The van der Waals surface area contributed by atoms with Crippen LogP contribution < -0.4 is 0 Å². The average molecular weight is 694 g/mol. The van der Waals surface area contributed by atoms with E-state index in [0.717, 1.165) is 75.3 Å². The highest BCUT2D eigenvalue weighted by Crippen LogP contribution is 2.48. The number of amides is 4. The molecule has 47 heavy (non-hydrogen) atoms. The van der Waals surface area contributed by atoms with Gasteiger partial charge in [0.05, 0.1) is 0 Å². The van der Waals surface area contributed by atoms with E-state index in [0.29, 0.717) is 58.0 Å². The Morgan fingerprint density at radius 3 is 1.68 bits per heavy atom. The zero-order chi connectivity index (χ0) is 33.1. The lowest BCUT2D eigenvalue weighted by Crippen LogP contribution is -2.41. The van der Waals surface area contributed by atoms with Crippen molar-refractivity contribution in [1.29, 1.82) is 0 Å². The molecule has 2 aliphatic heterocycles. The predicted molar refractivity (Wildman–Crippen MR) is 193 cm³/mol. The van der Waals surface area contributed by atoms with E-state index in [2.05, 4.69) is 43.6 Å². The van der Waals surface area contributed by atoms with E-state index in [1.807, 2.05) is 42.5 Å².